The van der Waals surface area contributed by atoms with Crippen molar-refractivity contribution in [2.45, 2.75) is 32.8 Å². The van der Waals surface area contributed by atoms with Gasteiger partial charge in [0, 0.05) is 63.6 Å². The summed E-state index contributed by atoms with van der Waals surface area (Å²) >= 11 is 0. The first-order valence-corrected chi connectivity index (χ1v) is 12.7. The lowest BCUT2D eigenvalue weighted by molar-refractivity contribution is -0.129. The number of rotatable bonds is 6. The maximum absolute atomic E-state index is 11.6. The third-order valence-electron chi connectivity index (χ3n) is 7.30. The van der Waals surface area contributed by atoms with Crippen LogP contribution < -0.4 is 20.9 Å². The maximum Gasteiger partial charge on any atom is 0.404 e. The van der Waals surface area contributed by atoms with E-state index in [9.17, 15) is 9.59 Å². The summed E-state index contributed by atoms with van der Waals surface area (Å²) < 4.78 is 10.9. The Kier molecular flexibility index (Phi) is 7.02. The summed E-state index contributed by atoms with van der Waals surface area (Å²) in [4.78, 5) is 38.5. The van der Waals surface area contributed by atoms with Crippen LogP contribution in [0.4, 0.5) is 27.9 Å². The van der Waals surface area contributed by atoms with E-state index in [1.165, 1.54) is 0 Å². The van der Waals surface area contributed by atoms with Crippen LogP contribution in [0.1, 0.15) is 26.7 Å². The van der Waals surface area contributed by atoms with Gasteiger partial charge in [0.05, 0.1) is 6.26 Å². The summed E-state index contributed by atoms with van der Waals surface area (Å²) in [6, 6.07) is 10.0. The van der Waals surface area contributed by atoms with Crippen molar-refractivity contribution in [2.24, 2.45) is 11.7 Å². The first-order chi connectivity index (χ1) is 17.9. The number of hydrogen-bond donors (Lipinski definition) is 2. The fraction of sp³-hybridized carbons (Fsp3) is 0.462. The zero-order valence-electron chi connectivity index (χ0n) is 21.2. The molecule has 0 radical (unpaired) electrons. The van der Waals surface area contributed by atoms with Crippen LogP contribution in [-0.2, 0) is 9.53 Å². The van der Waals surface area contributed by atoms with E-state index >= 15 is 0 Å². The van der Waals surface area contributed by atoms with E-state index in [2.05, 4.69) is 32.2 Å². The van der Waals surface area contributed by atoms with Crippen molar-refractivity contribution in [3.63, 3.8) is 0 Å². The van der Waals surface area contributed by atoms with Gasteiger partial charge in [0.15, 0.2) is 11.4 Å². The number of ether oxygens (including phenoxy) is 1. The van der Waals surface area contributed by atoms with E-state index in [4.69, 9.17) is 19.9 Å². The normalized spacial score (nSPS) is 17.6. The van der Waals surface area contributed by atoms with Crippen LogP contribution >= 0.6 is 0 Å². The van der Waals surface area contributed by atoms with Crippen LogP contribution in [0.5, 0.6) is 0 Å². The first kappa shape index (κ1) is 24.7. The molecule has 2 aliphatic heterocycles. The molecule has 1 unspecified atom stereocenters. The zero-order chi connectivity index (χ0) is 25.9. The summed E-state index contributed by atoms with van der Waals surface area (Å²) in [5.74, 6) is 1.63. The van der Waals surface area contributed by atoms with Gasteiger partial charge in [0.1, 0.15) is 11.6 Å². The number of aromatic nitrogens is 2. The van der Waals surface area contributed by atoms with Crippen molar-refractivity contribution in [3.8, 4) is 0 Å². The molecular formula is C26H33N7O4. The molecule has 5 rings (SSSR count). The Labute approximate surface area is 215 Å². The third kappa shape index (κ3) is 5.55. The topological polar surface area (TPSA) is 130 Å². The molecule has 11 nitrogen and oxygen atoms in total. The summed E-state index contributed by atoms with van der Waals surface area (Å²) in [5, 5.41) is 3.33. The second-order valence-electron chi connectivity index (χ2n) is 9.64. The molecular weight excluding hydrogens is 474 g/mol. The minimum absolute atomic E-state index is 0.129. The van der Waals surface area contributed by atoms with Crippen LogP contribution in [0, 0.1) is 5.92 Å². The second-order valence-corrected chi connectivity index (χ2v) is 9.64. The molecule has 0 spiro atoms. The Hall–Kier alpha value is -4.02. The molecule has 2 aliphatic rings. The van der Waals surface area contributed by atoms with Crippen LogP contribution in [0.15, 0.2) is 41.0 Å². The van der Waals surface area contributed by atoms with Crippen molar-refractivity contribution in [1.82, 2.24) is 14.9 Å². The monoisotopic (exact) mass is 507 g/mol. The number of carbonyl (C=O) groups excluding carboxylic acids is 2. The predicted molar refractivity (Wildman–Crippen MR) is 141 cm³/mol. The van der Waals surface area contributed by atoms with Gasteiger partial charge in [-0.25, -0.2) is 9.78 Å². The lowest BCUT2D eigenvalue weighted by Crippen LogP contribution is -2.48. The van der Waals surface area contributed by atoms with Crippen LogP contribution in [0.3, 0.4) is 0 Å². The predicted octanol–water partition coefficient (Wildman–Crippen LogP) is 3.34. The first-order valence-electron chi connectivity index (χ1n) is 12.7. The highest BCUT2D eigenvalue weighted by molar-refractivity contribution is 5.85. The van der Waals surface area contributed by atoms with Crippen molar-refractivity contribution >= 4 is 46.2 Å². The van der Waals surface area contributed by atoms with Crippen LogP contribution in [0.2, 0.25) is 0 Å². The highest BCUT2D eigenvalue weighted by Gasteiger charge is 2.28. The standard InChI is InChI=1S/C26H33N7O4/c1-17(37-25(27)35)19-7-10-33(11-8-19)24-23-22(9-16-36-23)29-26(30-24)28-20-3-5-21(6-4-20)32-14-12-31(13-15-32)18(2)34/h3-6,9,16-17,19H,7-8,10-15H2,1-2H3,(H2,27,35)(H,28,29,30). The average Bonchev–Trinajstić information content (AvgIpc) is 3.37. The smallest absolute Gasteiger partial charge is 0.404 e. The van der Waals surface area contributed by atoms with Crippen molar-refractivity contribution < 1.29 is 18.7 Å². The van der Waals surface area contributed by atoms with Crippen molar-refractivity contribution in [1.29, 1.82) is 0 Å². The number of hydrogen-bond acceptors (Lipinski definition) is 9. The number of piperazine rings is 1. The number of anilines is 4. The molecule has 2 amide bonds. The van der Waals surface area contributed by atoms with Gasteiger partial charge in [0.2, 0.25) is 11.9 Å². The van der Waals surface area contributed by atoms with E-state index in [1.54, 1.807) is 13.2 Å². The summed E-state index contributed by atoms with van der Waals surface area (Å²) in [6.07, 6.45) is 2.38. The zero-order valence-corrected chi connectivity index (χ0v) is 21.2. The Balaban J connectivity index is 1.26. The molecule has 3 aromatic rings. The van der Waals surface area contributed by atoms with E-state index in [0.29, 0.717) is 11.5 Å². The molecule has 37 heavy (non-hydrogen) atoms. The Morgan fingerprint density at radius 1 is 1.03 bits per heavy atom. The van der Waals surface area contributed by atoms with E-state index < -0.39 is 6.09 Å². The Morgan fingerprint density at radius 3 is 2.38 bits per heavy atom. The molecule has 196 valence electrons. The maximum atomic E-state index is 11.6. The number of nitrogens with two attached hydrogens (primary N) is 1. The molecule has 4 heterocycles. The van der Waals surface area contributed by atoms with Crippen LogP contribution in [0.25, 0.3) is 11.1 Å². The lowest BCUT2D eigenvalue weighted by Gasteiger charge is -2.35. The lowest BCUT2D eigenvalue weighted by atomic mass is 9.92. The van der Waals surface area contributed by atoms with E-state index in [1.807, 2.05) is 30.0 Å². The summed E-state index contributed by atoms with van der Waals surface area (Å²) in [7, 11) is 0. The highest BCUT2D eigenvalue weighted by atomic mass is 16.6. The van der Waals surface area contributed by atoms with Crippen LogP contribution in [-0.4, -0.2) is 72.2 Å². The quantitative estimate of drug-likeness (QED) is 0.516. The summed E-state index contributed by atoms with van der Waals surface area (Å²) in [6.45, 7) is 8.15. The van der Waals surface area contributed by atoms with E-state index in [0.717, 1.165) is 74.8 Å². The third-order valence-corrected chi connectivity index (χ3v) is 7.30. The molecule has 2 fully saturated rings. The molecule has 1 atom stereocenters. The number of primary amides is 1. The minimum atomic E-state index is -0.734. The molecule has 1 aromatic carbocycles. The van der Waals surface area contributed by atoms with Gasteiger partial charge < -0.3 is 34.9 Å². The fourth-order valence-electron chi connectivity index (χ4n) is 5.14. The van der Waals surface area contributed by atoms with Gasteiger partial charge in [-0.15, -0.1) is 0 Å². The van der Waals surface area contributed by atoms with Gasteiger partial charge in [-0.3, -0.25) is 4.79 Å². The van der Waals surface area contributed by atoms with Gasteiger partial charge >= 0.3 is 6.09 Å². The SMILES string of the molecule is CC(=O)N1CCN(c2ccc(Nc3nc(N4CCC(C(C)OC(N)=O)CC4)c4occc4n3)cc2)CC1. The average molecular weight is 508 g/mol. The van der Waals surface area contributed by atoms with E-state index in [-0.39, 0.29) is 17.9 Å². The van der Waals surface area contributed by atoms with Crippen molar-refractivity contribution in [3.05, 3.63) is 36.6 Å². The number of piperidine rings is 1. The fourth-order valence-corrected chi connectivity index (χ4v) is 5.14. The van der Waals surface area contributed by atoms with Crippen molar-refractivity contribution in [2.75, 3.05) is 54.4 Å². The van der Waals surface area contributed by atoms with Gasteiger partial charge in [-0.2, -0.15) is 4.98 Å². The number of amides is 2. The molecule has 11 heteroatoms. The number of nitrogens with one attached hydrogen (secondary N) is 1. The Morgan fingerprint density at radius 2 is 1.73 bits per heavy atom. The number of benzene rings is 1. The molecule has 2 saturated heterocycles. The van der Waals surface area contributed by atoms with Gasteiger partial charge in [-0.1, -0.05) is 0 Å². The van der Waals surface area contributed by atoms with Gasteiger partial charge in [-0.05, 0) is 49.9 Å². The van der Waals surface area contributed by atoms with Gasteiger partial charge in [0.25, 0.3) is 0 Å². The number of furan rings is 1. The largest absolute Gasteiger partial charge is 0.459 e. The molecule has 0 saturated carbocycles. The minimum Gasteiger partial charge on any atom is -0.459 e. The Bertz CT molecular complexity index is 1250. The second kappa shape index (κ2) is 10.5. The number of nitrogens with zero attached hydrogens (tertiary/aromatic N) is 5. The molecule has 0 aliphatic carbocycles. The highest BCUT2D eigenvalue weighted by Crippen LogP contribution is 2.32. The summed E-state index contributed by atoms with van der Waals surface area (Å²) in [5.41, 5.74) is 8.59. The number of fused-ring (bicyclic) bond motifs is 1. The molecule has 0 bridgehead atoms. The molecule has 2 aromatic heterocycles. The molecule has 3 N–H and O–H groups in total. The number of carbonyl (C=O) groups is 2.